The fourth-order valence-electron chi connectivity index (χ4n) is 0.990. The number of rotatable bonds is 3. The highest BCUT2D eigenvalue weighted by molar-refractivity contribution is 9.10. The molecule has 0 N–H and O–H groups in total. The molecule has 0 spiro atoms. The molecule has 0 fully saturated rings. The zero-order chi connectivity index (χ0) is 10.7. The van der Waals surface area contributed by atoms with Gasteiger partial charge in [0.15, 0.2) is 11.5 Å². The van der Waals surface area contributed by atoms with E-state index in [1.54, 1.807) is 6.07 Å². The summed E-state index contributed by atoms with van der Waals surface area (Å²) in [6.07, 6.45) is 0. The van der Waals surface area contributed by atoms with Gasteiger partial charge in [0.2, 0.25) is 0 Å². The van der Waals surface area contributed by atoms with E-state index in [1.165, 1.54) is 13.0 Å². The number of Topliss-reactive ketones (excluding diaryl/α,β-unsaturated/α-hetero) is 1. The van der Waals surface area contributed by atoms with Crippen LogP contribution in [0.25, 0.3) is 0 Å². The van der Waals surface area contributed by atoms with Crippen molar-refractivity contribution in [1.29, 1.82) is 0 Å². The van der Waals surface area contributed by atoms with Crippen LogP contribution in [-0.4, -0.2) is 12.3 Å². The quantitative estimate of drug-likeness (QED) is 0.630. The largest absolute Gasteiger partial charge is 0.427 e. The predicted octanol–water partition coefficient (Wildman–Crippen LogP) is 2.84. The monoisotopic (exact) mass is 276 g/mol. The van der Waals surface area contributed by atoms with E-state index in [1.807, 2.05) is 0 Å². The Balaban J connectivity index is 3.35. The van der Waals surface area contributed by atoms with Crippen molar-refractivity contribution in [2.75, 3.05) is 0 Å². The van der Waals surface area contributed by atoms with E-state index < -0.39 is 0 Å². The van der Waals surface area contributed by atoms with Crippen molar-refractivity contribution >= 4 is 39.8 Å². The Bertz CT molecular complexity index is 390. The normalized spacial score (nSPS) is 9.64. The fraction of sp³-hybridized carbons (Fsp3) is 0.111. The molecule has 1 rings (SSSR count). The summed E-state index contributed by atoms with van der Waals surface area (Å²) >= 11 is 8.89. The second-order valence-electron chi connectivity index (χ2n) is 2.53. The van der Waals surface area contributed by atoms with Gasteiger partial charge in [-0.1, -0.05) is 11.6 Å². The molecule has 0 aliphatic rings. The molecule has 74 valence electrons. The number of ether oxygens (including phenoxy) is 1. The minimum atomic E-state index is -0.218. The smallest absolute Gasteiger partial charge is 0.298 e. The Hall–Kier alpha value is -0.870. The Morgan fingerprint density at radius 1 is 1.57 bits per heavy atom. The van der Waals surface area contributed by atoms with Gasteiger partial charge in [-0.3, -0.25) is 9.59 Å². The molecule has 0 heterocycles. The van der Waals surface area contributed by atoms with Crippen LogP contribution in [0.15, 0.2) is 16.6 Å². The molecule has 1 aromatic carbocycles. The van der Waals surface area contributed by atoms with Crippen molar-refractivity contribution in [3.05, 3.63) is 27.2 Å². The van der Waals surface area contributed by atoms with Gasteiger partial charge < -0.3 is 4.74 Å². The number of hydrogen-bond acceptors (Lipinski definition) is 3. The summed E-state index contributed by atoms with van der Waals surface area (Å²) in [4.78, 5) is 21.4. The van der Waals surface area contributed by atoms with E-state index in [9.17, 15) is 9.59 Å². The standard InChI is InChI=1S/C9H6BrClO3/c1-5(13)7-2-6(11)3-8(10)9(7)14-4-12/h2-4H,1H3. The molecule has 0 atom stereocenters. The first-order valence-electron chi connectivity index (χ1n) is 3.66. The lowest BCUT2D eigenvalue weighted by Crippen LogP contribution is -2.00. The Kier molecular flexibility index (Phi) is 3.66. The van der Waals surface area contributed by atoms with Crippen LogP contribution in [0, 0.1) is 0 Å². The highest BCUT2D eigenvalue weighted by atomic mass is 79.9. The summed E-state index contributed by atoms with van der Waals surface area (Å²) in [5, 5.41) is 0.403. The Morgan fingerprint density at radius 2 is 2.21 bits per heavy atom. The van der Waals surface area contributed by atoms with Gasteiger partial charge in [0.25, 0.3) is 6.47 Å². The number of halogens is 2. The van der Waals surface area contributed by atoms with Crippen molar-refractivity contribution in [3.8, 4) is 5.75 Å². The molecule has 3 nitrogen and oxygen atoms in total. The van der Waals surface area contributed by atoms with Crippen LogP contribution in [0.5, 0.6) is 5.75 Å². The van der Waals surface area contributed by atoms with Gasteiger partial charge in [-0.15, -0.1) is 0 Å². The fourth-order valence-corrected chi connectivity index (χ4v) is 1.89. The van der Waals surface area contributed by atoms with E-state index in [-0.39, 0.29) is 23.6 Å². The van der Waals surface area contributed by atoms with E-state index in [4.69, 9.17) is 11.6 Å². The highest BCUT2D eigenvalue weighted by Crippen LogP contribution is 2.32. The lowest BCUT2D eigenvalue weighted by molar-refractivity contribution is -0.120. The molecular weight excluding hydrogens is 271 g/mol. The van der Waals surface area contributed by atoms with Crippen molar-refractivity contribution in [2.45, 2.75) is 6.92 Å². The van der Waals surface area contributed by atoms with E-state index in [2.05, 4.69) is 20.7 Å². The lowest BCUT2D eigenvalue weighted by Gasteiger charge is -2.06. The van der Waals surface area contributed by atoms with E-state index in [0.717, 1.165) is 0 Å². The van der Waals surface area contributed by atoms with Crippen molar-refractivity contribution in [2.24, 2.45) is 0 Å². The third kappa shape index (κ3) is 2.33. The molecule has 5 heteroatoms. The number of ketones is 1. The Labute approximate surface area is 94.1 Å². The molecule has 0 aliphatic carbocycles. The van der Waals surface area contributed by atoms with E-state index >= 15 is 0 Å². The molecule has 0 radical (unpaired) electrons. The van der Waals surface area contributed by atoms with Gasteiger partial charge in [-0.2, -0.15) is 0 Å². The minimum absolute atomic E-state index is 0.192. The zero-order valence-corrected chi connectivity index (χ0v) is 9.55. The molecule has 0 aliphatic heterocycles. The van der Waals surface area contributed by atoms with E-state index in [0.29, 0.717) is 9.50 Å². The predicted molar refractivity (Wildman–Crippen MR) is 55.8 cm³/mol. The second-order valence-corrected chi connectivity index (χ2v) is 3.83. The first-order valence-corrected chi connectivity index (χ1v) is 4.83. The summed E-state index contributed by atoms with van der Waals surface area (Å²) in [5.74, 6) is -0.0260. The van der Waals surface area contributed by atoms with Gasteiger partial charge in [0.05, 0.1) is 10.0 Å². The maximum absolute atomic E-state index is 11.2. The van der Waals surface area contributed by atoms with Crippen molar-refractivity contribution in [1.82, 2.24) is 0 Å². The van der Waals surface area contributed by atoms with Crippen LogP contribution in [0.2, 0.25) is 5.02 Å². The molecule has 1 aromatic rings. The van der Waals surface area contributed by atoms with Crippen molar-refractivity contribution in [3.63, 3.8) is 0 Å². The van der Waals surface area contributed by atoms with Crippen LogP contribution >= 0.6 is 27.5 Å². The first-order chi connectivity index (χ1) is 6.56. The Morgan fingerprint density at radius 3 is 2.71 bits per heavy atom. The third-order valence-electron chi connectivity index (χ3n) is 1.55. The van der Waals surface area contributed by atoms with Gasteiger partial charge >= 0.3 is 0 Å². The summed E-state index contributed by atoms with van der Waals surface area (Å²) in [5.41, 5.74) is 0.275. The van der Waals surface area contributed by atoms with Crippen LogP contribution < -0.4 is 4.74 Å². The molecule has 0 amide bonds. The highest BCUT2D eigenvalue weighted by Gasteiger charge is 2.13. The third-order valence-corrected chi connectivity index (χ3v) is 2.36. The molecule has 14 heavy (non-hydrogen) atoms. The number of carbonyl (C=O) groups excluding carboxylic acids is 2. The van der Waals surface area contributed by atoms with Crippen LogP contribution in [0.1, 0.15) is 17.3 Å². The van der Waals surface area contributed by atoms with Gasteiger partial charge in [0.1, 0.15) is 0 Å². The minimum Gasteiger partial charge on any atom is -0.427 e. The van der Waals surface area contributed by atoms with Crippen molar-refractivity contribution < 1.29 is 14.3 Å². The lowest BCUT2D eigenvalue weighted by atomic mass is 10.1. The summed E-state index contributed by atoms with van der Waals surface area (Å²) in [6, 6.07) is 3.00. The molecule has 0 aromatic heterocycles. The van der Waals surface area contributed by atoms with Crippen LogP contribution in [0.3, 0.4) is 0 Å². The molecule has 0 saturated heterocycles. The molecule has 0 bridgehead atoms. The van der Waals surface area contributed by atoms with Crippen LogP contribution in [-0.2, 0) is 4.79 Å². The van der Waals surface area contributed by atoms with Crippen LogP contribution in [0.4, 0.5) is 0 Å². The second kappa shape index (κ2) is 4.57. The van der Waals surface area contributed by atoms with Gasteiger partial charge in [-0.25, -0.2) is 0 Å². The average molecular weight is 278 g/mol. The summed E-state index contributed by atoms with van der Waals surface area (Å²) < 4.78 is 5.15. The topological polar surface area (TPSA) is 43.4 Å². The number of benzene rings is 1. The molecule has 0 unspecified atom stereocenters. The summed E-state index contributed by atoms with van der Waals surface area (Å²) in [6.45, 7) is 1.64. The maximum Gasteiger partial charge on any atom is 0.298 e. The number of carbonyl (C=O) groups is 2. The van der Waals surface area contributed by atoms with Gasteiger partial charge in [-0.05, 0) is 35.0 Å². The van der Waals surface area contributed by atoms with Gasteiger partial charge in [0, 0.05) is 5.02 Å². The molecule has 0 saturated carbocycles. The number of hydrogen-bond donors (Lipinski definition) is 0. The zero-order valence-electron chi connectivity index (χ0n) is 7.21. The molecular formula is C9H6BrClO3. The average Bonchev–Trinajstić information content (AvgIpc) is 2.09. The SMILES string of the molecule is CC(=O)c1cc(Cl)cc(Br)c1OC=O. The summed E-state index contributed by atoms with van der Waals surface area (Å²) in [7, 11) is 0. The maximum atomic E-state index is 11.2. The first kappa shape index (κ1) is 11.2.